The van der Waals surface area contributed by atoms with Crippen LogP contribution in [0.3, 0.4) is 0 Å². The van der Waals surface area contributed by atoms with Crippen LogP contribution in [0, 0.1) is 0 Å². The predicted octanol–water partition coefficient (Wildman–Crippen LogP) is 4.00. The second-order valence-corrected chi connectivity index (χ2v) is 6.62. The summed E-state index contributed by atoms with van der Waals surface area (Å²) in [5, 5.41) is 2.74. The number of nitrogens with zero attached hydrogens (tertiary/aromatic N) is 1. The minimum atomic E-state index is -4.49. The van der Waals surface area contributed by atoms with Crippen LogP contribution in [0.4, 0.5) is 18.9 Å². The molecule has 6 nitrogen and oxygen atoms in total. The van der Waals surface area contributed by atoms with Crippen molar-refractivity contribution in [2.75, 3.05) is 24.8 Å². The maximum absolute atomic E-state index is 13.0. The van der Waals surface area contributed by atoms with Crippen LogP contribution in [0.15, 0.2) is 42.5 Å². The molecule has 0 aromatic heterocycles. The summed E-state index contributed by atoms with van der Waals surface area (Å²) in [5.74, 6) is 0.449. The first-order valence-electron chi connectivity index (χ1n) is 9.45. The Morgan fingerprint density at radius 3 is 2.60 bits per heavy atom. The lowest BCUT2D eigenvalue weighted by Crippen LogP contribution is -2.34. The van der Waals surface area contributed by atoms with Crippen LogP contribution in [-0.4, -0.2) is 31.7 Å². The Morgan fingerprint density at radius 1 is 1.10 bits per heavy atom. The number of hydrogen-bond acceptors (Lipinski definition) is 4. The van der Waals surface area contributed by atoms with E-state index in [0.29, 0.717) is 23.5 Å². The van der Waals surface area contributed by atoms with Crippen molar-refractivity contribution < 1.29 is 32.2 Å². The van der Waals surface area contributed by atoms with Gasteiger partial charge in [0.15, 0.2) is 11.5 Å². The molecular formula is C21H21F3N2O4. The highest BCUT2D eigenvalue weighted by Crippen LogP contribution is 2.33. The van der Waals surface area contributed by atoms with Gasteiger partial charge in [0.2, 0.25) is 12.7 Å². The first-order chi connectivity index (χ1) is 14.3. The fraction of sp³-hybridized carbons (Fsp3) is 0.333. The Balaban J connectivity index is 1.59. The molecule has 9 heteroatoms. The van der Waals surface area contributed by atoms with E-state index in [-0.39, 0.29) is 43.8 Å². The van der Waals surface area contributed by atoms with E-state index in [4.69, 9.17) is 9.47 Å². The topological polar surface area (TPSA) is 67.9 Å². The molecule has 0 unspecified atom stereocenters. The molecule has 0 radical (unpaired) electrons. The van der Waals surface area contributed by atoms with Gasteiger partial charge >= 0.3 is 6.18 Å². The smallest absolute Gasteiger partial charge is 0.416 e. The van der Waals surface area contributed by atoms with Gasteiger partial charge in [0.25, 0.3) is 5.91 Å². The molecule has 1 heterocycles. The minimum Gasteiger partial charge on any atom is -0.454 e. The highest BCUT2D eigenvalue weighted by Gasteiger charge is 2.31. The van der Waals surface area contributed by atoms with Crippen LogP contribution < -0.4 is 19.7 Å². The fourth-order valence-electron chi connectivity index (χ4n) is 3.02. The number of carbonyl (C=O) groups excluding carboxylic acids is 2. The standard InChI is InChI=1S/C21H21F3N2O4/c1-2-19(27)26(16-6-3-5-15(12-16)21(22,23)24)10-4-9-25-20(28)14-7-8-17-18(11-14)30-13-29-17/h3,5-8,11-12H,2,4,9-10,13H2,1H3,(H,25,28). The first-order valence-corrected chi connectivity index (χ1v) is 9.45. The zero-order valence-corrected chi connectivity index (χ0v) is 16.3. The molecule has 1 N–H and O–H groups in total. The Labute approximate surface area is 171 Å². The number of anilines is 1. The molecule has 30 heavy (non-hydrogen) atoms. The summed E-state index contributed by atoms with van der Waals surface area (Å²) >= 11 is 0. The number of alkyl halides is 3. The SMILES string of the molecule is CCC(=O)N(CCCNC(=O)c1ccc2c(c1)OCO2)c1cccc(C(F)(F)F)c1. The number of benzene rings is 2. The van der Waals surface area contributed by atoms with Gasteiger partial charge in [-0.05, 0) is 42.8 Å². The van der Waals surface area contributed by atoms with Gasteiger partial charge in [-0.15, -0.1) is 0 Å². The molecule has 0 bridgehead atoms. The molecule has 0 atom stereocenters. The molecule has 0 fully saturated rings. The van der Waals surface area contributed by atoms with Crippen molar-refractivity contribution in [2.24, 2.45) is 0 Å². The normalized spacial score (nSPS) is 12.5. The molecule has 3 rings (SSSR count). The quantitative estimate of drug-likeness (QED) is 0.685. The average molecular weight is 422 g/mol. The van der Waals surface area contributed by atoms with E-state index in [9.17, 15) is 22.8 Å². The molecular weight excluding hydrogens is 401 g/mol. The van der Waals surface area contributed by atoms with E-state index in [1.54, 1.807) is 25.1 Å². The van der Waals surface area contributed by atoms with Crippen molar-refractivity contribution in [1.29, 1.82) is 0 Å². The van der Waals surface area contributed by atoms with Gasteiger partial charge in [0.1, 0.15) is 0 Å². The van der Waals surface area contributed by atoms with E-state index in [2.05, 4.69) is 5.32 Å². The second-order valence-electron chi connectivity index (χ2n) is 6.62. The first kappa shape index (κ1) is 21.5. The van der Waals surface area contributed by atoms with Gasteiger partial charge in [-0.25, -0.2) is 0 Å². The summed E-state index contributed by atoms with van der Waals surface area (Å²) in [5.41, 5.74) is -0.234. The van der Waals surface area contributed by atoms with E-state index in [1.165, 1.54) is 17.0 Å². The van der Waals surface area contributed by atoms with Crippen LogP contribution in [0.5, 0.6) is 11.5 Å². The molecule has 0 saturated carbocycles. The highest BCUT2D eigenvalue weighted by molar-refractivity contribution is 5.95. The maximum Gasteiger partial charge on any atom is 0.416 e. The van der Waals surface area contributed by atoms with Gasteiger partial charge < -0.3 is 19.7 Å². The lowest BCUT2D eigenvalue weighted by Gasteiger charge is -2.23. The lowest BCUT2D eigenvalue weighted by atomic mass is 10.1. The number of amides is 2. The number of hydrogen-bond donors (Lipinski definition) is 1. The Hall–Kier alpha value is -3.23. The number of nitrogens with one attached hydrogen (secondary N) is 1. The van der Waals surface area contributed by atoms with E-state index in [1.807, 2.05) is 0 Å². The van der Waals surface area contributed by atoms with Gasteiger partial charge in [-0.3, -0.25) is 9.59 Å². The third-order valence-corrected chi connectivity index (χ3v) is 4.57. The van der Waals surface area contributed by atoms with Crippen molar-refractivity contribution >= 4 is 17.5 Å². The molecule has 0 saturated heterocycles. The van der Waals surface area contributed by atoms with Crippen LogP contribution in [0.2, 0.25) is 0 Å². The molecule has 2 amide bonds. The average Bonchev–Trinajstić information content (AvgIpc) is 3.20. The van der Waals surface area contributed by atoms with Gasteiger partial charge in [-0.2, -0.15) is 13.2 Å². The zero-order valence-electron chi connectivity index (χ0n) is 16.3. The van der Waals surface area contributed by atoms with Crippen LogP contribution in [0.25, 0.3) is 0 Å². The summed E-state index contributed by atoms with van der Waals surface area (Å²) in [6, 6.07) is 9.49. The third-order valence-electron chi connectivity index (χ3n) is 4.57. The summed E-state index contributed by atoms with van der Waals surface area (Å²) in [6.45, 7) is 2.18. The molecule has 0 aliphatic carbocycles. The van der Waals surface area contributed by atoms with E-state index in [0.717, 1.165) is 12.1 Å². The Morgan fingerprint density at radius 2 is 1.87 bits per heavy atom. The molecule has 160 valence electrons. The van der Waals surface area contributed by atoms with Crippen LogP contribution in [0.1, 0.15) is 35.7 Å². The van der Waals surface area contributed by atoms with Gasteiger partial charge in [0.05, 0.1) is 5.56 Å². The number of rotatable bonds is 7. The number of fused-ring (bicyclic) bond motifs is 1. The fourth-order valence-corrected chi connectivity index (χ4v) is 3.02. The van der Waals surface area contributed by atoms with Gasteiger partial charge in [-0.1, -0.05) is 13.0 Å². The summed E-state index contributed by atoms with van der Waals surface area (Å²) in [4.78, 5) is 25.9. The lowest BCUT2D eigenvalue weighted by molar-refractivity contribution is -0.137. The van der Waals surface area contributed by atoms with Crippen molar-refractivity contribution in [2.45, 2.75) is 25.9 Å². The second kappa shape index (κ2) is 9.06. The van der Waals surface area contributed by atoms with E-state index >= 15 is 0 Å². The molecule has 1 aliphatic rings. The monoisotopic (exact) mass is 422 g/mol. The highest BCUT2D eigenvalue weighted by atomic mass is 19.4. The Bertz CT molecular complexity index is 931. The van der Waals surface area contributed by atoms with Crippen LogP contribution >= 0.6 is 0 Å². The number of halogens is 3. The van der Waals surface area contributed by atoms with Crippen molar-refractivity contribution in [3.8, 4) is 11.5 Å². The number of ether oxygens (including phenoxy) is 2. The summed E-state index contributed by atoms with van der Waals surface area (Å²) in [6.07, 6.45) is -3.96. The molecule has 2 aromatic carbocycles. The Kier molecular flexibility index (Phi) is 6.49. The van der Waals surface area contributed by atoms with Crippen LogP contribution in [-0.2, 0) is 11.0 Å². The summed E-state index contributed by atoms with van der Waals surface area (Å²) in [7, 11) is 0. The molecule has 0 spiro atoms. The predicted molar refractivity (Wildman–Crippen MR) is 104 cm³/mol. The van der Waals surface area contributed by atoms with Crippen molar-refractivity contribution in [1.82, 2.24) is 5.32 Å². The molecule has 1 aliphatic heterocycles. The van der Waals surface area contributed by atoms with Crippen molar-refractivity contribution in [3.63, 3.8) is 0 Å². The minimum absolute atomic E-state index is 0.108. The van der Waals surface area contributed by atoms with E-state index < -0.39 is 11.7 Å². The zero-order chi connectivity index (χ0) is 21.7. The van der Waals surface area contributed by atoms with Crippen molar-refractivity contribution in [3.05, 3.63) is 53.6 Å². The molecule has 2 aromatic rings. The maximum atomic E-state index is 13.0. The number of carbonyl (C=O) groups is 2. The largest absolute Gasteiger partial charge is 0.454 e. The third kappa shape index (κ3) is 5.03. The van der Waals surface area contributed by atoms with Gasteiger partial charge in [0, 0.05) is 30.8 Å². The summed E-state index contributed by atoms with van der Waals surface area (Å²) < 4.78 is 49.4.